The molecule has 3 heteroatoms. The molecule has 0 spiro atoms. The van der Waals surface area contributed by atoms with Crippen molar-refractivity contribution in [2.45, 2.75) is 57.6 Å². The van der Waals surface area contributed by atoms with E-state index in [0.717, 1.165) is 25.3 Å². The molecule has 3 nitrogen and oxygen atoms in total. The average molecular weight is 291 g/mol. The zero-order valence-corrected chi connectivity index (χ0v) is 13.4. The molecule has 1 aliphatic rings. The van der Waals surface area contributed by atoms with Gasteiger partial charge in [-0.3, -0.25) is 0 Å². The Kier molecular flexibility index (Phi) is 7.04. The molecule has 0 aliphatic carbocycles. The summed E-state index contributed by atoms with van der Waals surface area (Å²) in [7, 11) is 1.71. The highest BCUT2D eigenvalue weighted by atomic mass is 16.5. The van der Waals surface area contributed by atoms with E-state index in [1.54, 1.807) is 7.11 Å². The number of rotatable bonds is 9. The van der Waals surface area contributed by atoms with Gasteiger partial charge in [0.1, 0.15) is 5.75 Å². The third-order valence-corrected chi connectivity index (χ3v) is 4.29. The highest BCUT2D eigenvalue weighted by molar-refractivity contribution is 5.27. The van der Waals surface area contributed by atoms with E-state index in [4.69, 9.17) is 9.47 Å². The summed E-state index contributed by atoms with van der Waals surface area (Å²) in [6, 6.07) is 9.03. The van der Waals surface area contributed by atoms with Crippen LogP contribution < -0.4 is 10.1 Å². The fourth-order valence-electron chi connectivity index (χ4n) is 3.03. The quantitative estimate of drug-likeness (QED) is 0.754. The van der Waals surface area contributed by atoms with Crippen LogP contribution in [0.15, 0.2) is 24.3 Å². The maximum absolute atomic E-state index is 5.73. The maximum atomic E-state index is 5.73. The molecule has 2 rings (SSSR count). The van der Waals surface area contributed by atoms with Gasteiger partial charge in [-0.05, 0) is 62.8 Å². The number of hydrogen-bond donors (Lipinski definition) is 1. The van der Waals surface area contributed by atoms with E-state index in [1.165, 1.54) is 37.7 Å². The van der Waals surface area contributed by atoms with Crippen LogP contribution in [0.4, 0.5) is 0 Å². The highest BCUT2D eigenvalue weighted by Gasteiger charge is 2.17. The highest BCUT2D eigenvalue weighted by Crippen LogP contribution is 2.19. The van der Waals surface area contributed by atoms with Crippen molar-refractivity contribution in [1.29, 1.82) is 0 Å². The van der Waals surface area contributed by atoms with E-state index in [2.05, 4.69) is 24.4 Å². The molecule has 0 saturated carbocycles. The van der Waals surface area contributed by atoms with Gasteiger partial charge in [0, 0.05) is 12.6 Å². The smallest absolute Gasteiger partial charge is 0.118 e. The van der Waals surface area contributed by atoms with Crippen LogP contribution >= 0.6 is 0 Å². The van der Waals surface area contributed by atoms with E-state index in [1.807, 2.05) is 12.1 Å². The van der Waals surface area contributed by atoms with Gasteiger partial charge in [0.15, 0.2) is 0 Å². The van der Waals surface area contributed by atoms with Crippen molar-refractivity contribution in [1.82, 2.24) is 5.32 Å². The maximum Gasteiger partial charge on any atom is 0.118 e. The first-order chi connectivity index (χ1) is 10.3. The standard InChI is InChI=1S/C18H29NO2/c1-3-19-16(10-13-18-5-4-14-21-18)9-6-15-7-11-17(20-2)12-8-15/h7-8,11-12,16,18-19H,3-6,9-10,13-14H2,1-2H3. The number of ether oxygens (including phenoxy) is 2. The monoisotopic (exact) mass is 291 g/mol. The van der Waals surface area contributed by atoms with Crippen molar-refractivity contribution >= 4 is 0 Å². The number of benzene rings is 1. The van der Waals surface area contributed by atoms with Crippen LogP contribution in [0.5, 0.6) is 5.75 Å². The Morgan fingerprint density at radius 1 is 1.29 bits per heavy atom. The first kappa shape index (κ1) is 16.3. The summed E-state index contributed by atoms with van der Waals surface area (Å²) >= 11 is 0. The third kappa shape index (κ3) is 5.68. The zero-order chi connectivity index (χ0) is 14.9. The Hall–Kier alpha value is -1.06. The van der Waals surface area contributed by atoms with Gasteiger partial charge >= 0.3 is 0 Å². The van der Waals surface area contributed by atoms with E-state index in [0.29, 0.717) is 12.1 Å². The van der Waals surface area contributed by atoms with Crippen LogP contribution in [0.2, 0.25) is 0 Å². The first-order valence-electron chi connectivity index (χ1n) is 8.29. The zero-order valence-electron chi connectivity index (χ0n) is 13.4. The summed E-state index contributed by atoms with van der Waals surface area (Å²) < 4.78 is 10.9. The molecular formula is C18H29NO2. The second kappa shape index (κ2) is 9.06. The molecule has 0 amide bonds. The van der Waals surface area contributed by atoms with Crippen LogP contribution in [-0.4, -0.2) is 32.4 Å². The van der Waals surface area contributed by atoms with Crippen molar-refractivity contribution in [3.05, 3.63) is 29.8 Å². The van der Waals surface area contributed by atoms with E-state index < -0.39 is 0 Å². The van der Waals surface area contributed by atoms with Crippen molar-refractivity contribution in [2.24, 2.45) is 0 Å². The third-order valence-electron chi connectivity index (χ3n) is 4.29. The fraction of sp³-hybridized carbons (Fsp3) is 0.667. The molecule has 1 fully saturated rings. The van der Waals surface area contributed by atoms with E-state index in [-0.39, 0.29) is 0 Å². The summed E-state index contributed by atoms with van der Waals surface area (Å²) in [5.74, 6) is 0.931. The van der Waals surface area contributed by atoms with Gasteiger partial charge in [-0.1, -0.05) is 19.1 Å². The summed E-state index contributed by atoms with van der Waals surface area (Å²) in [6.07, 6.45) is 7.71. The second-order valence-corrected chi connectivity index (χ2v) is 5.85. The number of aryl methyl sites for hydroxylation is 1. The normalized spacial score (nSPS) is 19.6. The van der Waals surface area contributed by atoms with Crippen LogP contribution in [0, 0.1) is 0 Å². The molecule has 1 aromatic rings. The Morgan fingerprint density at radius 2 is 2.10 bits per heavy atom. The number of hydrogen-bond acceptors (Lipinski definition) is 3. The van der Waals surface area contributed by atoms with Gasteiger partial charge in [0.05, 0.1) is 13.2 Å². The van der Waals surface area contributed by atoms with Gasteiger partial charge in [-0.15, -0.1) is 0 Å². The van der Waals surface area contributed by atoms with Crippen molar-refractivity contribution in [3.8, 4) is 5.75 Å². The second-order valence-electron chi connectivity index (χ2n) is 5.85. The molecule has 0 radical (unpaired) electrons. The minimum absolute atomic E-state index is 0.507. The summed E-state index contributed by atoms with van der Waals surface area (Å²) in [6.45, 7) is 4.19. The number of methoxy groups -OCH3 is 1. The first-order valence-corrected chi connectivity index (χ1v) is 8.29. The lowest BCUT2D eigenvalue weighted by molar-refractivity contribution is 0.0993. The lowest BCUT2D eigenvalue weighted by Crippen LogP contribution is -2.30. The Bertz CT molecular complexity index is 385. The van der Waals surface area contributed by atoms with Gasteiger partial charge < -0.3 is 14.8 Å². The number of nitrogens with one attached hydrogen (secondary N) is 1. The van der Waals surface area contributed by atoms with Crippen molar-refractivity contribution in [2.75, 3.05) is 20.3 Å². The molecule has 2 atom stereocenters. The van der Waals surface area contributed by atoms with Gasteiger partial charge in [0.25, 0.3) is 0 Å². The predicted octanol–water partition coefficient (Wildman–Crippen LogP) is 3.57. The minimum atomic E-state index is 0.507. The predicted molar refractivity (Wildman–Crippen MR) is 87.0 cm³/mol. The summed E-state index contributed by atoms with van der Waals surface area (Å²) in [5, 5.41) is 3.62. The summed E-state index contributed by atoms with van der Waals surface area (Å²) in [4.78, 5) is 0. The Labute approximate surface area is 129 Å². The van der Waals surface area contributed by atoms with Crippen molar-refractivity contribution in [3.63, 3.8) is 0 Å². The van der Waals surface area contributed by atoms with Crippen LogP contribution in [-0.2, 0) is 11.2 Å². The van der Waals surface area contributed by atoms with Gasteiger partial charge in [-0.2, -0.15) is 0 Å². The molecule has 1 heterocycles. The Morgan fingerprint density at radius 3 is 2.71 bits per heavy atom. The van der Waals surface area contributed by atoms with Crippen LogP contribution in [0.3, 0.4) is 0 Å². The van der Waals surface area contributed by atoms with E-state index in [9.17, 15) is 0 Å². The van der Waals surface area contributed by atoms with Gasteiger partial charge in [0.2, 0.25) is 0 Å². The SMILES string of the molecule is CCNC(CCc1ccc(OC)cc1)CCC1CCCO1. The average Bonchev–Trinajstić information content (AvgIpc) is 3.04. The lowest BCUT2D eigenvalue weighted by atomic mass is 9.99. The van der Waals surface area contributed by atoms with E-state index >= 15 is 0 Å². The fourth-order valence-corrected chi connectivity index (χ4v) is 3.03. The lowest BCUT2D eigenvalue weighted by Gasteiger charge is -2.19. The molecule has 118 valence electrons. The topological polar surface area (TPSA) is 30.5 Å². The van der Waals surface area contributed by atoms with Crippen LogP contribution in [0.1, 0.15) is 44.6 Å². The molecule has 1 aromatic carbocycles. The summed E-state index contributed by atoms with van der Waals surface area (Å²) in [5.41, 5.74) is 1.39. The molecule has 2 unspecified atom stereocenters. The molecule has 1 aliphatic heterocycles. The minimum Gasteiger partial charge on any atom is -0.497 e. The van der Waals surface area contributed by atoms with Crippen molar-refractivity contribution < 1.29 is 9.47 Å². The molecule has 1 saturated heterocycles. The molecule has 0 aromatic heterocycles. The Balaban J connectivity index is 1.75. The largest absolute Gasteiger partial charge is 0.497 e. The van der Waals surface area contributed by atoms with Crippen LogP contribution in [0.25, 0.3) is 0 Å². The molecular weight excluding hydrogens is 262 g/mol. The van der Waals surface area contributed by atoms with Gasteiger partial charge in [-0.25, -0.2) is 0 Å². The molecule has 1 N–H and O–H groups in total. The molecule has 21 heavy (non-hydrogen) atoms. The molecule has 0 bridgehead atoms.